The van der Waals surface area contributed by atoms with Crippen molar-refractivity contribution in [2.75, 3.05) is 7.11 Å². The van der Waals surface area contributed by atoms with Crippen molar-refractivity contribution in [3.8, 4) is 0 Å². The third kappa shape index (κ3) is 22.4. The zero-order valence-corrected chi connectivity index (χ0v) is 15.4. The molecule has 0 heterocycles. The number of methoxy groups -OCH3 is 1. The first kappa shape index (κ1) is 24.3. The number of nitrogens with zero attached hydrogens (tertiary/aromatic N) is 1. The van der Waals surface area contributed by atoms with E-state index >= 15 is 0 Å². The number of hydrogen-bond acceptors (Lipinski definition) is 7. The van der Waals surface area contributed by atoms with Crippen LogP contribution in [0.15, 0.2) is 4.99 Å². The third-order valence-electron chi connectivity index (χ3n) is 1.39. The van der Waals surface area contributed by atoms with Crippen LogP contribution in [0, 0.1) is 0 Å². The van der Waals surface area contributed by atoms with Gasteiger partial charge in [-0.15, -0.1) is 4.99 Å². The van der Waals surface area contributed by atoms with Crippen molar-refractivity contribution in [3.05, 3.63) is 0 Å². The first-order chi connectivity index (χ1) is 10.4. The van der Waals surface area contributed by atoms with Crippen molar-refractivity contribution < 1.29 is 41.3 Å². The molecule has 0 aromatic heterocycles. The Balaban J connectivity index is 0. The Hall–Kier alpha value is -1.92. The molecule has 11 nitrogen and oxygen atoms in total. The molecular weight excluding hydrogens is 348 g/mol. The van der Waals surface area contributed by atoms with Crippen LogP contribution in [-0.4, -0.2) is 54.0 Å². The molecule has 0 rings (SSSR count). The van der Waals surface area contributed by atoms with E-state index in [1.54, 1.807) is 41.5 Å². The second-order valence-electron chi connectivity index (χ2n) is 6.18. The number of carbonyl (C=O) groups excluding carboxylic acids is 2. The minimum Gasteiger partial charge on any atom is -0.468 e. The summed E-state index contributed by atoms with van der Waals surface area (Å²) in [7, 11) is -3.40. The normalized spacial score (nSPS) is 12.5. The monoisotopic (exact) mass is 372 g/mol. The average Bonchev–Trinajstić information content (AvgIpc) is 2.19. The molecule has 0 aliphatic carbocycles. The van der Waals surface area contributed by atoms with E-state index in [0.717, 1.165) is 0 Å². The molecule has 0 bridgehead atoms. The van der Waals surface area contributed by atoms with Crippen LogP contribution in [0.2, 0.25) is 0 Å². The van der Waals surface area contributed by atoms with E-state index in [-0.39, 0.29) is 6.02 Å². The van der Waals surface area contributed by atoms with Crippen LogP contribution < -0.4 is 5.32 Å². The number of ether oxygens (including phenoxy) is 3. The number of aliphatic imine (C=N–C) groups is 1. The van der Waals surface area contributed by atoms with Gasteiger partial charge in [-0.05, 0) is 41.5 Å². The molecule has 2 amide bonds. The maximum atomic E-state index is 11.4. The molecule has 0 spiro atoms. The van der Waals surface area contributed by atoms with E-state index in [9.17, 15) is 9.59 Å². The van der Waals surface area contributed by atoms with Crippen molar-refractivity contribution in [1.29, 1.82) is 0 Å². The van der Waals surface area contributed by atoms with E-state index in [2.05, 4.69) is 10.3 Å². The lowest BCUT2D eigenvalue weighted by Crippen LogP contribution is -2.37. The van der Waals surface area contributed by atoms with Gasteiger partial charge in [-0.3, -0.25) is 9.11 Å². The van der Waals surface area contributed by atoms with Crippen LogP contribution in [-0.2, 0) is 24.6 Å². The largest absolute Gasteiger partial charge is 0.468 e. The van der Waals surface area contributed by atoms with Crippen LogP contribution in [0.25, 0.3) is 0 Å². The minimum absolute atomic E-state index is 0.288. The molecule has 142 valence electrons. The lowest BCUT2D eigenvalue weighted by atomic mass is 10.2. The molecule has 0 atom stereocenters. The Morgan fingerprint density at radius 3 is 1.62 bits per heavy atom. The summed E-state index contributed by atoms with van der Waals surface area (Å²) in [5.74, 6) is 0. The van der Waals surface area contributed by atoms with Crippen molar-refractivity contribution in [2.24, 2.45) is 4.99 Å². The number of hydrogen-bond donors (Lipinski definition) is 3. The number of amidine groups is 1. The first-order valence-corrected chi connectivity index (χ1v) is 7.88. The molecule has 12 heteroatoms. The van der Waals surface area contributed by atoms with Gasteiger partial charge in [-0.2, -0.15) is 8.42 Å². The van der Waals surface area contributed by atoms with Crippen molar-refractivity contribution in [1.82, 2.24) is 5.32 Å². The predicted octanol–water partition coefficient (Wildman–Crippen LogP) is 1.80. The lowest BCUT2D eigenvalue weighted by molar-refractivity contribution is 0.0549. The number of alkyl carbamates (subject to hydrolysis) is 1. The zero-order chi connectivity index (χ0) is 19.8. The molecule has 0 aliphatic heterocycles. The summed E-state index contributed by atoms with van der Waals surface area (Å²) in [6.45, 7) is 10.2. The summed E-state index contributed by atoms with van der Waals surface area (Å²) in [5.41, 5.74) is -1.33. The molecule has 0 aliphatic rings. The topological polar surface area (TPSA) is 161 Å². The lowest BCUT2D eigenvalue weighted by Gasteiger charge is -2.20. The van der Waals surface area contributed by atoms with Gasteiger partial charge in [0.25, 0.3) is 0 Å². The smallest absolute Gasteiger partial charge is 0.438 e. The van der Waals surface area contributed by atoms with Gasteiger partial charge < -0.3 is 14.2 Å². The Morgan fingerprint density at radius 2 is 1.33 bits per heavy atom. The standard InChI is InChI=1S/C12H22N2O5.H2O4S/c1-11(2,3)18-9(15)13-8(17-7)14-10(16)19-12(4,5)6;1-5(2,3)4/h1-7H3,(H,13,14,15,16);(H2,1,2,3,4). The molecule has 0 fully saturated rings. The van der Waals surface area contributed by atoms with E-state index in [0.29, 0.717) is 0 Å². The second-order valence-corrected chi connectivity index (χ2v) is 7.07. The SMILES string of the molecule is COC(=NC(=O)OC(C)(C)C)NC(=O)OC(C)(C)C.O=S(=O)(O)O. The summed E-state index contributed by atoms with van der Waals surface area (Å²) in [5, 5.41) is 2.21. The van der Waals surface area contributed by atoms with Crippen LogP contribution in [0.3, 0.4) is 0 Å². The maximum absolute atomic E-state index is 11.4. The Morgan fingerprint density at radius 1 is 0.958 bits per heavy atom. The molecule has 24 heavy (non-hydrogen) atoms. The van der Waals surface area contributed by atoms with Gasteiger partial charge in [0.05, 0.1) is 7.11 Å². The van der Waals surface area contributed by atoms with Gasteiger partial charge in [0.1, 0.15) is 11.2 Å². The van der Waals surface area contributed by atoms with Gasteiger partial charge in [0.15, 0.2) is 0 Å². The third-order valence-corrected chi connectivity index (χ3v) is 1.39. The Bertz CT molecular complexity index is 548. The molecule has 0 aromatic carbocycles. The first-order valence-electron chi connectivity index (χ1n) is 6.48. The molecule has 0 radical (unpaired) electrons. The van der Waals surface area contributed by atoms with E-state index < -0.39 is 33.8 Å². The van der Waals surface area contributed by atoms with Gasteiger partial charge in [0, 0.05) is 0 Å². The molecule has 0 unspecified atom stereocenters. The highest BCUT2D eigenvalue weighted by atomic mass is 32.3. The highest BCUT2D eigenvalue weighted by Gasteiger charge is 2.20. The van der Waals surface area contributed by atoms with Crippen molar-refractivity contribution in [3.63, 3.8) is 0 Å². The predicted molar refractivity (Wildman–Crippen MR) is 84.2 cm³/mol. The summed E-state index contributed by atoms with van der Waals surface area (Å²) in [6, 6.07) is -0.288. The zero-order valence-electron chi connectivity index (χ0n) is 14.6. The number of rotatable bonds is 0. The van der Waals surface area contributed by atoms with E-state index in [4.69, 9.17) is 31.7 Å². The van der Waals surface area contributed by atoms with Crippen molar-refractivity contribution >= 4 is 28.6 Å². The average molecular weight is 372 g/mol. The van der Waals surface area contributed by atoms with Crippen LogP contribution in [0.1, 0.15) is 41.5 Å². The minimum atomic E-state index is -4.67. The summed E-state index contributed by atoms with van der Waals surface area (Å²) in [6.07, 6.45) is -1.63. The highest BCUT2D eigenvalue weighted by molar-refractivity contribution is 7.79. The van der Waals surface area contributed by atoms with Gasteiger partial charge in [-0.1, -0.05) is 0 Å². The summed E-state index contributed by atoms with van der Waals surface area (Å²) >= 11 is 0. The second kappa shape index (κ2) is 9.39. The summed E-state index contributed by atoms with van der Waals surface area (Å²) in [4.78, 5) is 26.3. The molecular formula is C12H24N2O9S. The fraction of sp³-hybridized carbons (Fsp3) is 0.750. The van der Waals surface area contributed by atoms with Gasteiger partial charge in [-0.25, -0.2) is 14.9 Å². The molecule has 3 N–H and O–H groups in total. The molecule has 0 saturated heterocycles. The van der Waals surface area contributed by atoms with E-state index in [1.165, 1.54) is 7.11 Å². The van der Waals surface area contributed by atoms with Crippen LogP contribution in [0.5, 0.6) is 0 Å². The number of nitrogens with one attached hydrogen (secondary N) is 1. The molecule has 0 aromatic rings. The van der Waals surface area contributed by atoms with Crippen LogP contribution >= 0.6 is 0 Å². The maximum Gasteiger partial charge on any atom is 0.438 e. The van der Waals surface area contributed by atoms with Crippen molar-refractivity contribution in [2.45, 2.75) is 52.7 Å². The quantitative estimate of drug-likeness (QED) is 0.327. The van der Waals surface area contributed by atoms with E-state index in [1.807, 2.05) is 0 Å². The fourth-order valence-corrected chi connectivity index (χ4v) is 0.883. The summed E-state index contributed by atoms with van der Waals surface area (Å²) < 4.78 is 46.3. The Labute approximate surface area is 141 Å². The van der Waals surface area contributed by atoms with Gasteiger partial charge in [0.2, 0.25) is 0 Å². The van der Waals surface area contributed by atoms with Crippen LogP contribution in [0.4, 0.5) is 9.59 Å². The number of carbonyl (C=O) groups is 2. The Kier molecular flexibility index (Phi) is 9.52. The number of amides is 2. The molecule has 0 saturated carbocycles. The van der Waals surface area contributed by atoms with Gasteiger partial charge >= 0.3 is 28.6 Å². The fourth-order valence-electron chi connectivity index (χ4n) is 0.883. The highest BCUT2D eigenvalue weighted by Crippen LogP contribution is 2.08.